The van der Waals surface area contributed by atoms with Crippen molar-refractivity contribution in [2.45, 2.75) is 33.6 Å². The molecule has 0 rings (SSSR count). The Morgan fingerprint density at radius 3 is 2.00 bits per heavy atom. The van der Waals surface area contributed by atoms with Gasteiger partial charge in [0.1, 0.15) is 0 Å². The van der Waals surface area contributed by atoms with Crippen molar-refractivity contribution < 1.29 is 9.59 Å². The minimum atomic E-state index is 0.0668. The maximum Gasteiger partial charge on any atom is 0.225 e. The van der Waals surface area contributed by atoms with Gasteiger partial charge in [-0.1, -0.05) is 20.8 Å². The molecule has 0 aliphatic rings. The van der Waals surface area contributed by atoms with Crippen LogP contribution in [0.25, 0.3) is 0 Å². The Bertz CT molecular complexity index is 241. The summed E-state index contributed by atoms with van der Waals surface area (Å²) >= 11 is 0. The lowest BCUT2D eigenvalue weighted by molar-refractivity contribution is -0.135. The molecule has 0 aliphatic heterocycles. The first-order valence-corrected chi connectivity index (χ1v) is 5.92. The monoisotopic (exact) mass is 228 g/mol. The van der Waals surface area contributed by atoms with Crippen molar-refractivity contribution in [3.63, 3.8) is 0 Å². The molecule has 1 unspecified atom stereocenters. The van der Waals surface area contributed by atoms with Crippen LogP contribution in [0.4, 0.5) is 0 Å². The molecular formula is C12H24N2O2. The third-order valence-electron chi connectivity index (χ3n) is 2.91. The first-order chi connectivity index (χ1) is 7.43. The molecule has 0 spiro atoms. The van der Waals surface area contributed by atoms with Crippen LogP contribution in [0.1, 0.15) is 33.6 Å². The van der Waals surface area contributed by atoms with Gasteiger partial charge in [-0.05, 0) is 6.42 Å². The van der Waals surface area contributed by atoms with E-state index >= 15 is 0 Å². The van der Waals surface area contributed by atoms with E-state index < -0.39 is 0 Å². The van der Waals surface area contributed by atoms with Crippen LogP contribution in [0.15, 0.2) is 0 Å². The Kier molecular flexibility index (Phi) is 6.77. The third kappa shape index (κ3) is 4.64. The summed E-state index contributed by atoms with van der Waals surface area (Å²) in [5.74, 6) is 0.335. The summed E-state index contributed by atoms with van der Waals surface area (Å²) < 4.78 is 0. The van der Waals surface area contributed by atoms with E-state index in [4.69, 9.17) is 0 Å². The highest BCUT2D eigenvalue weighted by atomic mass is 16.2. The first-order valence-electron chi connectivity index (χ1n) is 5.92. The molecule has 0 radical (unpaired) electrons. The molecule has 0 saturated carbocycles. The zero-order valence-electron chi connectivity index (χ0n) is 11.1. The van der Waals surface area contributed by atoms with Crippen LogP contribution in [0.2, 0.25) is 0 Å². The summed E-state index contributed by atoms with van der Waals surface area (Å²) in [4.78, 5) is 26.4. The average Bonchev–Trinajstić information content (AvgIpc) is 2.32. The van der Waals surface area contributed by atoms with Crippen molar-refractivity contribution in [2.75, 3.05) is 27.2 Å². The second-order valence-corrected chi connectivity index (χ2v) is 4.24. The van der Waals surface area contributed by atoms with Gasteiger partial charge in [-0.2, -0.15) is 0 Å². The smallest absolute Gasteiger partial charge is 0.225 e. The van der Waals surface area contributed by atoms with E-state index in [0.29, 0.717) is 19.5 Å². The fraction of sp³-hybridized carbons (Fsp3) is 0.833. The normalized spacial score (nSPS) is 12.1. The van der Waals surface area contributed by atoms with Crippen LogP contribution in [0.5, 0.6) is 0 Å². The minimum absolute atomic E-state index is 0.0668. The molecule has 0 N–H and O–H groups in total. The first kappa shape index (κ1) is 14.9. The summed E-state index contributed by atoms with van der Waals surface area (Å²) in [5.41, 5.74) is 0. The van der Waals surface area contributed by atoms with E-state index in [1.165, 1.54) is 0 Å². The summed E-state index contributed by atoms with van der Waals surface area (Å²) in [6, 6.07) is 0. The maximum atomic E-state index is 11.7. The van der Waals surface area contributed by atoms with E-state index in [1.807, 2.05) is 20.8 Å². The van der Waals surface area contributed by atoms with Crippen LogP contribution in [-0.4, -0.2) is 48.8 Å². The lowest BCUT2D eigenvalue weighted by Crippen LogP contribution is -2.39. The quantitative estimate of drug-likeness (QED) is 0.688. The van der Waals surface area contributed by atoms with Gasteiger partial charge in [-0.3, -0.25) is 9.59 Å². The van der Waals surface area contributed by atoms with Crippen LogP contribution in [0, 0.1) is 5.92 Å². The van der Waals surface area contributed by atoms with Gasteiger partial charge >= 0.3 is 0 Å². The fourth-order valence-electron chi connectivity index (χ4n) is 1.36. The van der Waals surface area contributed by atoms with Crippen molar-refractivity contribution in [1.82, 2.24) is 9.80 Å². The molecule has 0 heterocycles. The van der Waals surface area contributed by atoms with Crippen LogP contribution in [0.3, 0.4) is 0 Å². The molecule has 94 valence electrons. The molecule has 0 fully saturated rings. The predicted octanol–water partition coefficient (Wildman–Crippen LogP) is 1.36. The van der Waals surface area contributed by atoms with Gasteiger partial charge in [-0.15, -0.1) is 0 Å². The number of carbonyl (C=O) groups is 2. The van der Waals surface area contributed by atoms with Gasteiger partial charge in [0, 0.05) is 39.5 Å². The molecule has 4 heteroatoms. The summed E-state index contributed by atoms with van der Waals surface area (Å²) in [7, 11) is 3.56. The molecule has 0 aliphatic carbocycles. The van der Waals surface area contributed by atoms with Gasteiger partial charge in [0.15, 0.2) is 0 Å². The zero-order chi connectivity index (χ0) is 12.7. The molecular weight excluding hydrogens is 204 g/mol. The Hall–Kier alpha value is -1.06. The number of nitrogens with zero attached hydrogens (tertiary/aromatic N) is 2. The second kappa shape index (κ2) is 7.25. The predicted molar refractivity (Wildman–Crippen MR) is 65.0 cm³/mol. The number of hydrogen-bond donors (Lipinski definition) is 0. The summed E-state index contributed by atoms with van der Waals surface area (Å²) in [6.45, 7) is 6.98. The highest BCUT2D eigenvalue weighted by molar-refractivity contribution is 5.78. The van der Waals surface area contributed by atoms with Gasteiger partial charge < -0.3 is 9.80 Å². The molecule has 4 nitrogen and oxygen atoms in total. The van der Waals surface area contributed by atoms with Gasteiger partial charge in [-0.25, -0.2) is 0 Å². The van der Waals surface area contributed by atoms with Crippen LogP contribution in [-0.2, 0) is 9.59 Å². The van der Waals surface area contributed by atoms with E-state index in [2.05, 4.69) is 0 Å². The van der Waals surface area contributed by atoms with Crippen LogP contribution < -0.4 is 0 Å². The van der Waals surface area contributed by atoms with Gasteiger partial charge in [0.25, 0.3) is 0 Å². The maximum absolute atomic E-state index is 11.7. The van der Waals surface area contributed by atoms with E-state index in [1.54, 1.807) is 23.9 Å². The molecule has 0 aromatic heterocycles. The molecule has 0 aromatic rings. The number of amides is 2. The third-order valence-corrected chi connectivity index (χ3v) is 2.91. The van der Waals surface area contributed by atoms with Crippen molar-refractivity contribution in [2.24, 2.45) is 5.92 Å². The van der Waals surface area contributed by atoms with Crippen molar-refractivity contribution in [1.29, 1.82) is 0 Å². The summed E-state index contributed by atoms with van der Waals surface area (Å²) in [6.07, 6.45) is 1.37. The highest BCUT2D eigenvalue weighted by Gasteiger charge is 2.16. The Morgan fingerprint density at radius 2 is 1.56 bits per heavy atom. The standard InChI is InChI=1S/C12H24N2O2/c1-6-10(3)12(16)14(5)9-8-13(4)11(15)7-2/h10H,6-9H2,1-5H3. The van der Waals surface area contributed by atoms with Crippen LogP contribution >= 0.6 is 0 Å². The highest BCUT2D eigenvalue weighted by Crippen LogP contribution is 2.04. The Morgan fingerprint density at radius 1 is 1.06 bits per heavy atom. The Labute approximate surface area is 98.6 Å². The molecule has 0 bridgehead atoms. The lowest BCUT2D eigenvalue weighted by Gasteiger charge is -2.24. The number of likely N-dealkylation sites (N-methyl/N-ethyl adjacent to an activating group) is 2. The molecule has 16 heavy (non-hydrogen) atoms. The van der Waals surface area contributed by atoms with Gasteiger partial charge in [0.05, 0.1) is 0 Å². The van der Waals surface area contributed by atoms with E-state index in [-0.39, 0.29) is 17.7 Å². The summed E-state index contributed by atoms with van der Waals surface area (Å²) in [5, 5.41) is 0. The lowest BCUT2D eigenvalue weighted by atomic mass is 10.1. The number of carbonyl (C=O) groups excluding carboxylic acids is 2. The van der Waals surface area contributed by atoms with E-state index in [0.717, 1.165) is 6.42 Å². The largest absolute Gasteiger partial charge is 0.344 e. The zero-order valence-corrected chi connectivity index (χ0v) is 11.1. The molecule has 0 saturated heterocycles. The minimum Gasteiger partial charge on any atom is -0.344 e. The average molecular weight is 228 g/mol. The van der Waals surface area contributed by atoms with Crippen molar-refractivity contribution in [3.05, 3.63) is 0 Å². The van der Waals surface area contributed by atoms with Crippen molar-refractivity contribution in [3.8, 4) is 0 Å². The molecule has 0 aromatic carbocycles. The van der Waals surface area contributed by atoms with E-state index in [9.17, 15) is 9.59 Å². The number of rotatable bonds is 6. The molecule has 2 amide bonds. The van der Waals surface area contributed by atoms with Gasteiger partial charge in [0.2, 0.25) is 11.8 Å². The number of hydrogen-bond acceptors (Lipinski definition) is 2. The topological polar surface area (TPSA) is 40.6 Å². The Balaban J connectivity index is 4.02. The second-order valence-electron chi connectivity index (χ2n) is 4.24. The van der Waals surface area contributed by atoms with Crippen molar-refractivity contribution >= 4 is 11.8 Å². The SMILES string of the molecule is CCC(=O)N(C)CCN(C)C(=O)C(C)CC. The fourth-order valence-corrected chi connectivity index (χ4v) is 1.36. The molecule has 1 atom stereocenters.